The summed E-state index contributed by atoms with van der Waals surface area (Å²) in [7, 11) is 3.21. The molecule has 2 aromatic carbocycles. The molecule has 0 aliphatic carbocycles. The minimum absolute atomic E-state index is 0.518. The molecule has 0 unspecified atom stereocenters. The number of benzene rings is 2. The Kier molecular flexibility index (Phi) is 4.92. The second-order valence-electron chi connectivity index (χ2n) is 6.26. The maximum Gasteiger partial charge on any atom is 0.213 e. The second kappa shape index (κ2) is 7.52. The Labute approximate surface area is 167 Å². The first-order valence-corrected chi connectivity index (χ1v) is 9.83. The number of hydrogen-bond acceptors (Lipinski definition) is 6. The molecular formula is C21H21N3O3S. The summed E-state index contributed by atoms with van der Waals surface area (Å²) in [6.07, 6.45) is 0. The highest BCUT2D eigenvalue weighted by Gasteiger charge is 2.18. The van der Waals surface area contributed by atoms with E-state index in [-0.39, 0.29) is 0 Å². The number of nitrogens with zero attached hydrogens (tertiary/aromatic N) is 3. The predicted octanol–water partition coefficient (Wildman–Crippen LogP) is 4.85. The number of methoxy groups -OCH3 is 2. The number of aromatic nitrogens is 3. The molecule has 0 spiro atoms. The molecule has 144 valence electrons. The van der Waals surface area contributed by atoms with E-state index in [0.29, 0.717) is 29.7 Å². The van der Waals surface area contributed by atoms with E-state index in [1.165, 1.54) is 5.56 Å². The van der Waals surface area contributed by atoms with E-state index >= 15 is 0 Å². The molecule has 0 aliphatic heterocycles. The van der Waals surface area contributed by atoms with Crippen molar-refractivity contribution in [3.05, 3.63) is 47.3 Å². The van der Waals surface area contributed by atoms with Gasteiger partial charge in [-0.3, -0.25) is 0 Å². The average molecular weight is 395 g/mol. The van der Waals surface area contributed by atoms with Crippen molar-refractivity contribution < 1.29 is 14.2 Å². The van der Waals surface area contributed by atoms with E-state index in [1.807, 2.05) is 23.6 Å². The smallest absolute Gasteiger partial charge is 0.213 e. The van der Waals surface area contributed by atoms with Crippen molar-refractivity contribution >= 4 is 16.3 Å². The predicted molar refractivity (Wildman–Crippen MR) is 111 cm³/mol. The fraction of sp³-hybridized carbons (Fsp3) is 0.238. The van der Waals surface area contributed by atoms with Crippen LogP contribution in [0, 0.1) is 6.92 Å². The Morgan fingerprint density at radius 3 is 2.29 bits per heavy atom. The number of rotatable bonds is 6. The molecule has 4 aromatic rings. The topological polar surface area (TPSA) is 57.9 Å². The van der Waals surface area contributed by atoms with Crippen LogP contribution in [0.3, 0.4) is 0 Å². The summed E-state index contributed by atoms with van der Waals surface area (Å²) in [5.41, 5.74) is 4.16. The van der Waals surface area contributed by atoms with Crippen molar-refractivity contribution in [1.82, 2.24) is 14.6 Å². The van der Waals surface area contributed by atoms with Crippen molar-refractivity contribution in [2.45, 2.75) is 13.8 Å². The quantitative estimate of drug-likeness (QED) is 0.467. The Bertz CT molecular complexity index is 1090. The minimum Gasteiger partial charge on any atom is -0.493 e. The van der Waals surface area contributed by atoms with Gasteiger partial charge in [0.05, 0.1) is 26.5 Å². The summed E-state index contributed by atoms with van der Waals surface area (Å²) >= 11 is 1.56. The highest BCUT2D eigenvalue weighted by atomic mass is 32.1. The highest BCUT2D eigenvalue weighted by Crippen LogP contribution is 2.41. The van der Waals surface area contributed by atoms with Crippen LogP contribution in [0.1, 0.15) is 12.5 Å². The zero-order valence-corrected chi connectivity index (χ0v) is 17.0. The summed E-state index contributed by atoms with van der Waals surface area (Å²) in [6, 6.07) is 12.1. The van der Waals surface area contributed by atoms with Crippen LogP contribution in [-0.4, -0.2) is 35.4 Å². The van der Waals surface area contributed by atoms with Crippen LogP contribution >= 0.6 is 11.3 Å². The van der Waals surface area contributed by atoms with Crippen LogP contribution in [0.2, 0.25) is 0 Å². The molecule has 4 rings (SSSR count). The van der Waals surface area contributed by atoms with Gasteiger partial charge in [-0.2, -0.15) is 4.98 Å². The molecule has 2 aromatic heterocycles. The van der Waals surface area contributed by atoms with Crippen LogP contribution in [0.25, 0.3) is 27.6 Å². The van der Waals surface area contributed by atoms with E-state index in [4.69, 9.17) is 24.3 Å². The number of ether oxygens (including phenoxy) is 3. The molecule has 0 amide bonds. The van der Waals surface area contributed by atoms with Gasteiger partial charge in [-0.05, 0) is 26.0 Å². The number of hydrogen-bond donors (Lipinski definition) is 0. The van der Waals surface area contributed by atoms with Gasteiger partial charge in [0.1, 0.15) is 0 Å². The van der Waals surface area contributed by atoms with Gasteiger partial charge in [-0.25, -0.2) is 4.52 Å². The van der Waals surface area contributed by atoms with E-state index in [2.05, 4.69) is 36.6 Å². The summed E-state index contributed by atoms with van der Waals surface area (Å²) in [5.74, 6) is 2.37. The SMILES string of the molecule is CCOc1c(OC)cc(-c2nc3scc(-c4ccc(C)cc4)n3n2)cc1OC. The average Bonchev–Trinajstić information content (AvgIpc) is 3.30. The molecule has 28 heavy (non-hydrogen) atoms. The van der Waals surface area contributed by atoms with Gasteiger partial charge in [-0.1, -0.05) is 29.8 Å². The maximum atomic E-state index is 5.68. The van der Waals surface area contributed by atoms with Crippen molar-refractivity contribution in [3.63, 3.8) is 0 Å². The molecule has 0 N–H and O–H groups in total. The van der Waals surface area contributed by atoms with Gasteiger partial charge in [0.2, 0.25) is 10.7 Å². The molecule has 6 nitrogen and oxygen atoms in total. The third kappa shape index (κ3) is 3.18. The van der Waals surface area contributed by atoms with Gasteiger partial charge in [0.25, 0.3) is 0 Å². The Balaban J connectivity index is 1.80. The standard InChI is InChI=1S/C21H21N3O3S/c1-5-27-19-17(25-3)10-15(11-18(19)26-4)20-22-21-24(23-20)16(12-28-21)14-8-6-13(2)7-9-14/h6-12H,5H2,1-4H3. The molecule has 7 heteroatoms. The van der Waals surface area contributed by atoms with Crippen molar-refractivity contribution in [1.29, 1.82) is 0 Å². The van der Waals surface area contributed by atoms with E-state index in [1.54, 1.807) is 25.6 Å². The minimum atomic E-state index is 0.518. The van der Waals surface area contributed by atoms with E-state index in [0.717, 1.165) is 21.8 Å². The van der Waals surface area contributed by atoms with Gasteiger partial charge in [0, 0.05) is 16.5 Å². The monoisotopic (exact) mass is 395 g/mol. The zero-order valence-electron chi connectivity index (χ0n) is 16.2. The fourth-order valence-corrected chi connectivity index (χ4v) is 3.85. The Hall–Kier alpha value is -3.06. The normalized spacial score (nSPS) is 11.0. The molecule has 0 fully saturated rings. The number of thiazole rings is 1. The molecule has 0 bridgehead atoms. The largest absolute Gasteiger partial charge is 0.493 e. The van der Waals surface area contributed by atoms with Crippen LogP contribution in [0.15, 0.2) is 41.8 Å². The Morgan fingerprint density at radius 1 is 1.00 bits per heavy atom. The lowest BCUT2D eigenvalue weighted by Crippen LogP contribution is -1.99. The van der Waals surface area contributed by atoms with Crippen LogP contribution in [0.5, 0.6) is 17.2 Å². The van der Waals surface area contributed by atoms with Crippen LogP contribution in [-0.2, 0) is 0 Å². The van der Waals surface area contributed by atoms with Gasteiger partial charge in [-0.15, -0.1) is 16.4 Å². The summed E-state index contributed by atoms with van der Waals surface area (Å²) in [4.78, 5) is 5.52. The lowest BCUT2D eigenvalue weighted by Gasteiger charge is -2.14. The van der Waals surface area contributed by atoms with Crippen molar-refractivity contribution in [2.24, 2.45) is 0 Å². The molecule has 0 radical (unpaired) electrons. The first-order chi connectivity index (χ1) is 13.6. The molecular weight excluding hydrogens is 374 g/mol. The molecule has 0 aliphatic rings. The van der Waals surface area contributed by atoms with Gasteiger partial charge < -0.3 is 14.2 Å². The number of aryl methyl sites for hydroxylation is 1. The summed E-state index contributed by atoms with van der Waals surface area (Å²) < 4.78 is 18.5. The first kappa shape index (κ1) is 18.3. The second-order valence-corrected chi connectivity index (χ2v) is 7.10. The first-order valence-electron chi connectivity index (χ1n) is 8.95. The van der Waals surface area contributed by atoms with Crippen molar-refractivity contribution in [2.75, 3.05) is 20.8 Å². The highest BCUT2D eigenvalue weighted by molar-refractivity contribution is 7.15. The van der Waals surface area contributed by atoms with Crippen LogP contribution < -0.4 is 14.2 Å². The maximum absolute atomic E-state index is 5.68. The third-order valence-electron chi connectivity index (χ3n) is 4.44. The Morgan fingerprint density at radius 2 is 1.68 bits per heavy atom. The lowest BCUT2D eigenvalue weighted by atomic mass is 10.1. The number of fused-ring (bicyclic) bond motifs is 1. The summed E-state index contributed by atoms with van der Waals surface area (Å²) in [6.45, 7) is 4.52. The van der Waals surface area contributed by atoms with E-state index < -0.39 is 0 Å². The zero-order chi connectivity index (χ0) is 19.7. The summed E-state index contributed by atoms with van der Waals surface area (Å²) in [5, 5.41) is 6.80. The molecule has 0 saturated heterocycles. The molecule has 0 atom stereocenters. The molecule has 2 heterocycles. The fourth-order valence-electron chi connectivity index (χ4n) is 3.02. The van der Waals surface area contributed by atoms with Crippen molar-refractivity contribution in [3.8, 4) is 39.9 Å². The third-order valence-corrected chi connectivity index (χ3v) is 5.25. The van der Waals surface area contributed by atoms with Gasteiger partial charge in [0.15, 0.2) is 17.3 Å². The van der Waals surface area contributed by atoms with Crippen LogP contribution in [0.4, 0.5) is 0 Å². The van der Waals surface area contributed by atoms with Gasteiger partial charge >= 0.3 is 0 Å². The lowest BCUT2D eigenvalue weighted by molar-refractivity contribution is 0.288. The van der Waals surface area contributed by atoms with E-state index in [9.17, 15) is 0 Å². The molecule has 0 saturated carbocycles.